The molecule has 1 heterocycles. The van der Waals surface area contributed by atoms with Crippen molar-refractivity contribution in [3.05, 3.63) is 69.3 Å². The Balaban J connectivity index is 1.97. The molecule has 0 N–H and O–H groups in total. The van der Waals surface area contributed by atoms with Gasteiger partial charge in [-0.3, -0.25) is 14.9 Å². The molecule has 0 radical (unpaired) electrons. The maximum atomic E-state index is 12.9. The SMILES string of the molecule is N#C/C(=C\c1ccccc1Oc1ccc(C(F)(F)F)cc1[N+](=O)[O-])C(=O)N1CCCC1. The van der Waals surface area contributed by atoms with E-state index in [1.807, 2.05) is 6.07 Å². The summed E-state index contributed by atoms with van der Waals surface area (Å²) in [6.07, 6.45) is -1.75. The minimum Gasteiger partial charge on any atom is -0.449 e. The number of ether oxygens (including phenoxy) is 1. The van der Waals surface area contributed by atoms with Crippen LogP contribution in [-0.2, 0) is 11.0 Å². The van der Waals surface area contributed by atoms with Gasteiger partial charge in [0.2, 0.25) is 5.75 Å². The molecule has 2 aromatic rings. The monoisotopic (exact) mass is 431 g/mol. The number of likely N-dealkylation sites (tertiary alicyclic amines) is 1. The van der Waals surface area contributed by atoms with Crippen LogP contribution in [0.3, 0.4) is 0 Å². The summed E-state index contributed by atoms with van der Waals surface area (Å²) in [6.45, 7) is 1.10. The van der Waals surface area contributed by atoms with Gasteiger partial charge in [0.15, 0.2) is 0 Å². The summed E-state index contributed by atoms with van der Waals surface area (Å²) in [4.78, 5) is 24.4. The molecule has 31 heavy (non-hydrogen) atoms. The minimum absolute atomic E-state index is 0.0485. The van der Waals surface area contributed by atoms with E-state index < -0.39 is 34.0 Å². The summed E-state index contributed by atoms with van der Waals surface area (Å²) in [5.74, 6) is -0.786. The first kappa shape index (κ1) is 21.8. The van der Waals surface area contributed by atoms with Crippen molar-refractivity contribution in [2.45, 2.75) is 19.0 Å². The topological polar surface area (TPSA) is 96.5 Å². The second-order valence-electron chi connectivity index (χ2n) is 6.75. The number of carbonyl (C=O) groups excluding carboxylic acids is 1. The van der Waals surface area contributed by atoms with Crippen LogP contribution in [0.1, 0.15) is 24.0 Å². The van der Waals surface area contributed by atoms with Gasteiger partial charge in [-0.1, -0.05) is 18.2 Å². The van der Waals surface area contributed by atoms with E-state index >= 15 is 0 Å². The number of hydrogen-bond acceptors (Lipinski definition) is 5. The second kappa shape index (κ2) is 8.87. The van der Waals surface area contributed by atoms with E-state index in [4.69, 9.17) is 4.74 Å². The van der Waals surface area contributed by atoms with Gasteiger partial charge in [0.05, 0.1) is 10.5 Å². The number of amides is 1. The summed E-state index contributed by atoms with van der Waals surface area (Å²) in [7, 11) is 0. The molecule has 1 aliphatic heterocycles. The number of carbonyl (C=O) groups is 1. The first-order valence-electron chi connectivity index (χ1n) is 9.24. The predicted molar refractivity (Wildman–Crippen MR) is 104 cm³/mol. The molecule has 0 aromatic heterocycles. The molecular weight excluding hydrogens is 415 g/mol. The van der Waals surface area contributed by atoms with E-state index in [1.54, 1.807) is 17.0 Å². The number of nitriles is 1. The molecule has 3 rings (SSSR count). The van der Waals surface area contributed by atoms with Crippen LogP contribution in [-0.4, -0.2) is 28.8 Å². The number of nitro benzene ring substituents is 1. The first-order chi connectivity index (χ1) is 14.7. The highest BCUT2D eigenvalue weighted by Gasteiger charge is 2.33. The summed E-state index contributed by atoms with van der Waals surface area (Å²) in [5, 5.41) is 20.7. The van der Waals surface area contributed by atoms with Gasteiger partial charge in [0, 0.05) is 24.7 Å². The molecule has 7 nitrogen and oxygen atoms in total. The van der Waals surface area contributed by atoms with Gasteiger partial charge in [-0.05, 0) is 37.1 Å². The standard InChI is InChI=1S/C21H16F3N3O4/c22-21(23,24)16-7-8-19(17(12-16)27(29)30)31-18-6-2-1-5-14(18)11-15(13-25)20(28)26-9-3-4-10-26/h1-2,5-8,11-12H,3-4,9-10H2/b15-11+. The number of alkyl halides is 3. The Morgan fingerprint density at radius 1 is 1.16 bits per heavy atom. The molecule has 1 fully saturated rings. The van der Waals surface area contributed by atoms with Crippen molar-refractivity contribution in [1.82, 2.24) is 4.90 Å². The molecule has 0 unspecified atom stereocenters. The van der Waals surface area contributed by atoms with Crippen LogP contribution in [0.2, 0.25) is 0 Å². The Kier molecular flexibility index (Phi) is 6.25. The first-order valence-corrected chi connectivity index (χ1v) is 9.24. The minimum atomic E-state index is -4.75. The third-order valence-electron chi connectivity index (χ3n) is 4.67. The zero-order valence-corrected chi connectivity index (χ0v) is 16.1. The van der Waals surface area contributed by atoms with Gasteiger partial charge < -0.3 is 9.64 Å². The summed E-state index contributed by atoms with van der Waals surface area (Å²) >= 11 is 0. The quantitative estimate of drug-likeness (QED) is 0.289. The van der Waals surface area contributed by atoms with E-state index in [0.717, 1.165) is 18.9 Å². The number of para-hydroxylation sites is 1. The van der Waals surface area contributed by atoms with Crippen molar-refractivity contribution >= 4 is 17.7 Å². The molecule has 1 amide bonds. The molecule has 2 aromatic carbocycles. The summed E-state index contributed by atoms with van der Waals surface area (Å²) < 4.78 is 44.2. The van der Waals surface area contributed by atoms with Crippen LogP contribution < -0.4 is 4.74 Å². The molecule has 10 heteroatoms. The zero-order valence-electron chi connectivity index (χ0n) is 16.1. The third kappa shape index (κ3) is 5.01. The molecule has 1 aliphatic rings. The predicted octanol–water partition coefficient (Wildman–Crippen LogP) is 4.94. The van der Waals surface area contributed by atoms with Crippen LogP contribution >= 0.6 is 0 Å². The number of benzene rings is 2. The third-order valence-corrected chi connectivity index (χ3v) is 4.67. The lowest BCUT2D eigenvalue weighted by Crippen LogP contribution is -2.28. The van der Waals surface area contributed by atoms with Crippen molar-refractivity contribution in [1.29, 1.82) is 5.26 Å². The van der Waals surface area contributed by atoms with E-state index in [-0.39, 0.29) is 16.9 Å². The lowest BCUT2D eigenvalue weighted by molar-refractivity contribution is -0.385. The summed E-state index contributed by atoms with van der Waals surface area (Å²) in [5.41, 5.74) is -1.90. The van der Waals surface area contributed by atoms with Gasteiger partial charge in [-0.25, -0.2) is 0 Å². The largest absolute Gasteiger partial charge is 0.449 e. The fourth-order valence-electron chi connectivity index (χ4n) is 3.12. The van der Waals surface area contributed by atoms with Crippen LogP contribution in [0.4, 0.5) is 18.9 Å². The van der Waals surface area contributed by atoms with E-state index in [1.165, 1.54) is 18.2 Å². The Bertz CT molecular complexity index is 1080. The zero-order chi connectivity index (χ0) is 22.6. The maximum absolute atomic E-state index is 12.9. The number of rotatable bonds is 5. The van der Waals surface area contributed by atoms with Gasteiger partial charge in [-0.2, -0.15) is 18.4 Å². The molecule has 1 saturated heterocycles. The summed E-state index contributed by atoms with van der Waals surface area (Å²) in [6, 6.07) is 9.91. The van der Waals surface area contributed by atoms with E-state index in [2.05, 4.69) is 0 Å². The molecule has 0 saturated carbocycles. The highest BCUT2D eigenvalue weighted by molar-refractivity contribution is 6.02. The smallest absolute Gasteiger partial charge is 0.416 e. The Labute approximate surface area is 175 Å². The molecule has 0 bridgehead atoms. The fourth-order valence-corrected chi connectivity index (χ4v) is 3.12. The highest BCUT2D eigenvalue weighted by atomic mass is 19.4. The molecular formula is C21H16F3N3O4. The van der Waals surface area contributed by atoms with E-state index in [9.17, 15) is 33.3 Å². The molecule has 0 aliphatic carbocycles. The van der Waals surface area contributed by atoms with Gasteiger partial charge >= 0.3 is 11.9 Å². The number of nitrogens with zero attached hydrogens (tertiary/aromatic N) is 3. The van der Waals surface area contributed by atoms with Crippen LogP contribution in [0, 0.1) is 21.4 Å². The Morgan fingerprint density at radius 2 is 1.84 bits per heavy atom. The van der Waals surface area contributed by atoms with Crippen molar-refractivity contribution in [3.63, 3.8) is 0 Å². The second-order valence-corrected chi connectivity index (χ2v) is 6.75. The van der Waals surface area contributed by atoms with Crippen LogP contribution in [0.25, 0.3) is 6.08 Å². The van der Waals surface area contributed by atoms with Gasteiger partial charge in [0.25, 0.3) is 5.91 Å². The molecule has 0 atom stereocenters. The average Bonchev–Trinajstić information content (AvgIpc) is 3.27. The number of nitro groups is 1. The molecule has 160 valence electrons. The van der Waals surface area contributed by atoms with Gasteiger partial charge in [-0.15, -0.1) is 0 Å². The number of hydrogen-bond donors (Lipinski definition) is 0. The van der Waals surface area contributed by atoms with Crippen LogP contribution in [0.5, 0.6) is 11.5 Å². The lowest BCUT2D eigenvalue weighted by Gasteiger charge is -2.15. The highest BCUT2D eigenvalue weighted by Crippen LogP contribution is 2.38. The number of halogens is 3. The van der Waals surface area contributed by atoms with Crippen molar-refractivity contribution in [2.24, 2.45) is 0 Å². The van der Waals surface area contributed by atoms with Crippen molar-refractivity contribution < 1.29 is 27.6 Å². The Hall–Kier alpha value is -3.87. The normalized spacial score (nSPS) is 14.3. The van der Waals surface area contributed by atoms with E-state index in [0.29, 0.717) is 25.2 Å². The fraction of sp³-hybridized carbons (Fsp3) is 0.238. The average molecular weight is 431 g/mol. The van der Waals surface area contributed by atoms with Crippen molar-refractivity contribution in [3.8, 4) is 17.6 Å². The Morgan fingerprint density at radius 3 is 2.45 bits per heavy atom. The maximum Gasteiger partial charge on any atom is 0.416 e. The lowest BCUT2D eigenvalue weighted by atomic mass is 10.1. The van der Waals surface area contributed by atoms with Crippen molar-refractivity contribution in [2.75, 3.05) is 13.1 Å². The van der Waals surface area contributed by atoms with Gasteiger partial charge in [0.1, 0.15) is 17.4 Å². The molecule has 0 spiro atoms. The van der Waals surface area contributed by atoms with Crippen LogP contribution in [0.15, 0.2) is 48.0 Å².